The molecule has 0 radical (unpaired) electrons. The zero-order valence-electron chi connectivity index (χ0n) is 20.3. The largest absolute Gasteiger partial charge is 0.381 e. The molecule has 35 heavy (non-hydrogen) atoms. The molecule has 7 nitrogen and oxygen atoms in total. The molecule has 1 aromatic carbocycles. The Morgan fingerprint density at radius 2 is 1.77 bits per heavy atom. The molecular formula is C26H30F2N6O. The van der Waals surface area contributed by atoms with Crippen molar-refractivity contribution < 1.29 is 13.5 Å². The molecule has 1 saturated carbocycles. The highest BCUT2D eigenvalue weighted by Crippen LogP contribution is 2.33. The fraction of sp³-hybridized carbons (Fsp3) is 0.423. The van der Waals surface area contributed by atoms with E-state index < -0.39 is 11.6 Å². The molecule has 1 saturated heterocycles. The van der Waals surface area contributed by atoms with Gasteiger partial charge in [0.25, 0.3) is 0 Å². The first-order chi connectivity index (χ1) is 17.1. The van der Waals surface area contributed by atoms with Gasteiger partial charge in [0.05, 0.1) is 11.7 Å². The van der Waals surface area contributed by atoms with Gasteiger partial charge in [-0.15, -0.1) is 0 Å². The normalized spacial score (nSPS) is 15.7. The van der Waals surface area contributed by atoms with Crippen LogP contribution in [-0.2, 0) is 4.74 Å². The lowest BCUT2D eigenvalue weighted by molar-refractivity contribution is 0.0836. The van der Waals surface area contributed by atoms with E-state index in [1.807, 2.05) is 43.9 Å². The van der Waals surface area contributed by atoms with Crippen LogP contribution in [0.15, 0.2) is 42.9 Å². The summed E-state index contributed by atoms with van der Waals surface area (Å²) in [6.45, 7) is 7.11. The fourth-order valence-electron chi connectivity index (χ4n) is 3.85. The number of aryl methyl sites for hydroxylation is 1. The van der Waals surface area contributed by atoms with E-state index in [0.717, 1.165) is 30.6 Å². The van der Waals surface area contributed by atoms with Crippen LogP contribution in [0.4, 0.5) is 8.78 Å². The molecule has 0 spiro atoms. The first-order valence-corrected chi connectivity index (χ1v) is 12.1. The Morgan fingerprint density at radius 1 is 1.00 bits per heavy atom. The van der Waals surface area contributed by atoms with E-state index in [4.69, 9.17) is 4.74 Å². The molecule has 6 rings (SSSR count). The lowest BCUT2D eigenvalue weighted by Crippen LogP contribution is -2.17. The summed E-state index contributed by atoms with van der Waals surface area (Å²) in [5, 5.41) is 4.09. The molecule has 0 amide bonds. The molecule has 3 aromatic heterocycles. The van der Waals surface area contributed by atoms with E-state index in [1.54, 1.807) is 6.20 Å². The number of nitrogens with zero attached hydrogens (tertiary/aromatic N) is 6. The van der Waals surface area contributed by atoms with Crippen LogP contribution in [0, 0.1) is 18.6 Å². The highest BCUT2D eigenvalue weighted by molar-refractivity contribution is 5.86. The number of ether oxygens (including phenoxy) is 1. The Balaban J connectivity index is 0.000000240. The van der Waals surface area contributed by atoms with Gasteiger partial charge in [-0.25, -0.2) is 28.7 Å². The SMILES string of the molecule is CC.Cc1cnc2c(-c3ccc(F)cc3F)nc(C3CCOCC3)nc2n1.c1cnn(C2CC2)c1. The summed E-state index contributed by atoms with van der Waals surface area (Å²) >= 11 is 0. The van der Waals surface area contributed by atoms with Gasteiger partial charge in [0, 0.05) is 49.4 Å². The second kappa shape index (κ2) is 11.4. The van der Waals surface area contributed by atoms with Gasteiger partial charge in [-0.2, -0.15) is 5.10 Å². The molecule has 0 N–H and O–H groups in total. The maximum Gasteiger partial charge on any atom is 0.182 e. The summed E-state index contributed by atoms with van der Waals surface area (Å²) < 4.78 is 35.1. The van der Waals surface area contributed by atoms with E-state index in [-0.39, 0.29) is 11.5 Å². The maximum atomic E-state index is 14.3. The topological polar surface area (TPSA) is 78.6 Å². The van der Waals surface area contributed by atoms with Crippen molar-refractivity contribution in [1.82, 2.24) is 29.7 Å². The Hall–Kier alpha value is -3.33. The lowest BCUT2D eigenvalue weighted by atomic mass is 9.99. The monoisotopic (exact) mass is 480 g/mol. The molecule has 184 valence electrons. The predicted octanol–water partition coefficient (Wildman–Crippen LogP) is 5.81. The van der Waals surface area contributed by atoms with Gasteiger partial charge in [0.2, 0.25) is 0 Å². The quantitative estimate of drug-likeness (QED) is 0.368. The van der Waals surface area contributed by atoms with Gasteiger partial charge < -0.3 is 4.74 Å². The van der Waals surface area contributed by atoms with Gasteiger partial charge in [-0.1, -0.05) is 13.8 Å². The Bertz CT molecular complexity index is 1250. The molecular weight excluding hydrogens is 450 g/mol. The van der Waals surface area contributed by atoms with Crippen molar-refractivity contribution in [3.8, 4) is 11.3 Å². The molecule has 0 unspecified atom stereocenters. The van der Waals surface area contributed by atoms with Crippen molar-refractivity contribution in [2.45, 2.75) is 58.4 Å². The van der Waals surface area contributed by atoms with Crippen LogP contribution in [0.5, 0.6) is 0 Å². The molecule has 0 atom stereocenters. The van der Waals surface area contributed by atoms with Crippen molar-refractivity contribution in [1.29, 1.82) is 0 Å². The standard InChI is InChI=1S/C18H16F2N4O.C6H8N2.C2H6/c1-10-9-21-16-15(13-3-2-12(19)8-14(13)20)23-17(24-18(16)22-10)11-4-6-25-7-5-11;1-4-7-8(5-1)6-2-3-6;1-2/h2-3,8-9,11H,4-7H2,1H3;1,4-6H,2-3H2;1-2H3. The maximum absolute atomic E-state index is 14.3. The van der Waals surface area contributed by atoms with Crippen LogP contribution in [0.2, 0.25) is 0 Å². The number of aromatic nitrogens is 6. The highest BCUT2D eigenvalue weighted by atomic mass is 19.1. The molecule has 2 fully saturated rings. The summed E-state index contributed by atoms with van der Waals surface area (Å²) in [4.78, 5) is 17.9. The Morgan fingerprint density at radius 3 is 2.43 bits per heavy atom. The zero-order valence-corrected chi connectivity index (χ0v) is 20.3. The number of hydrogen-bond acceptors (Lipinski definition) is 6. The first-order valence-electron chi connectivity index (χ1n) is 12.1. The van der Waals surface area contributed by atoms with E-state index in [1.165, 1.54) is 25.0 Å². The summed E-state index contributed by atoms with van der Waals surface area (Å²) in [6, 6.07) is 6.14. The number of hydrogen-bond donors (Lipinski definition) is 0. The fourth-order valence-corrected chi connectivity index (χ4v) is 3.85. The number of rotatable bonds is 3. The van der Waals surface area contributed by atoms with Gasteiger partial charge in [0.1, 0.15) is 28.7 Å². The molecule has 4 heterocycles. The van der Waals surface area contributed by atoms with Crippen LogP contribution in [0.1, 0.15) is 63.0 Å². The molecule has 2 aliphatic rings. The lowest BCUT2D eigenvalue weighted by Gasteiger charge is -2.21. The number of benzene rings is 1. The number of fused-ring (bicyclic) bond motifs is 1. The van der Waals surface area contributed by atoms with Crippen LogP contribution >= 0.6 is 0 Å². The molecule has 1 aliphatic carbocycles. The second-order valence-corrected chi connectivity index (χ2v) is 8.34. The van der Waals surface area contributed by atoms with Gasteiger partial charge in [-0.05, 0) is 50.8 Å². The van der Waals surface area contributed by atoms with Crippen LogP contribution < -0.4 is 0 Å². The van der Waals surface area contributed by atoms with Crippen LogP contribution in [-0.4, -0.2) is 42.9 Å². The molecule has 9 heteroatoms. The van der Waals surface area contributed by atoms with Crippen molar-refractivity contribution in [3.05, 3.63) is 66.0 Å². The van der Waals surface area contributed by atoms with Crippen molar-refractivity contribution >= 4 is 11.2 Å². The highest BCUT2D eigenvalue weighted by Gasteiger charge is 2.24. The average Bonchev–Trinajstić information content (AvgIpc) is 3.59. The van der Waals surface area contributed by atoms with Gasteiger partial charge >= 0.3 is 0 Å². The third-order valence-electron chi connectivity index (χ3n) is 5.76. The minimum absolute atomic E-state index is 0.128. The molecule has 0 bridgehead atoms. The smallest absolute Gasteiger partial charge is 0.182 e. The van der Waals surface area contributed by atoms with Gasteiger partial charge in [-0.3, -0.25) is 4.68 Å². The Labute approximate surface area is 203 Å². The van der Waals surface area contributed by atoms with Crippen LogP contribution in [0.25, 0.3) is 22.4 Å². The summed E-state index contributed by atoms with van der Waals surface area (Å²) in [7, 11) is 0. The zero-order chi connectivity index (χ0) is 24.8. The summed E-state index contributed by atoms with van der Waals surface area (Å²) in [5.74, 6) is -0.580. The van der Waals surface area contributed by atoms with Gasteiger partial charge in [0.15, 0.2) is 5.65 Å². The summed E-state index contributed by atoms with van der Waals surface area (Å²) in [6.07, 6.45) is 9.69. The third kappa shape index (κ3) is 6.03. The minimum atomic E-state index is -0.680. The van der Waals surface area contributed by atoms with Crippen molar-refractivity contribution in [2.24, 2.45) is 0 Å². The molecule has 1 aliphatic heterocycles. The van der Waals surface area contributed by atoms with E-state index in [9.17, 15) is 8.78 Å². The third-order valence-corrected chi connectivity index (χ3v) is 5.76. The minimum Gasteiger partial charge on any atom is -0.381 e. The second-order valence-electron chi connectivity index (χ2n) is 8.34. The summed E-state index contributed by atoms with van der Waals surface area (Å²) in [5.41, 5.74) is 2.09. The van der Waals surface area contributed by atoms with E-state index >= 15 is 0 Å². The number of halogens is 2. The van der Waals surface area contributed by atoms with Crippen LogP contribution in [0.3, 0.4) is 0 Å². The van der Waals surface area contributed by atoms with E-state index in [0.29, 0.717) is 35.9 Å². The first kappa shape index (κ1) is 24.8. The molecule has 4 aromatic rings. The van der Waals surface area contributed by atoms with Crippen molar-refractivity contribution in [2.75, 3.05) is 13.2 Å². The average molecular weight is 481 g/mol. The van der Waals surface area contributed by atoms with Crippen molar-refractivity contribution in [3.63, 3.8) is 0 Å². The Kier molecular flexibility index (Phi) is 8.07. The van der Waals surface area contributed by atoms with E-state index in [2.05, 4.69) is 25.0 Å². The predicted molar refractivity (Wildman–Crippen MR) is 130 cm³/mol.